The van der Waals surface area contributed by atoms with E-state index < -0.39 is 5.97 Å². The summed E-state index contributed by atoms with van der Waals surface area (Å²) in [7, 11) is 0. The maximum absolute atomic E-state index is 12.5. The zero-order valence-electron chi connectivity index (χ0n) is 14.0. The van der Waals surface area contributed by atoms with Crippen LogP contribution in [0, 0.1) is 0 Å². The van der Waals surface area contributed by atoms with Crippen LogP contribution in [0.3, 0.4) is 0 Å². The Hall–Kier alpha value is -2.44. The lowest BCUT2D eigenvalue weighted by Crippen LogP contribution is -2.05. The molecule has 3 aromatic rings. The molecule has 0 fully saturated rings. The number of benzene rings is 2. The van der Waals surface area contributed by atoms with Crippen LogP contribution in [0.2, 0.25) is 0 Å². The van der Waals surface area contributed by atoms with Crippen LogP contribution in [0.1, 0.15) is 22.8 Å². The predicted molar refractivity (Wildman–Crippen MR) is 109 cm³/mol. The van der Waals surface area contributed by atoms with Gasteiger partial charge in [0.15, 0.2) is 0 Å². The summed E-state index contributed by atoms with van der Waals surface area (Å²) in [5.41, 5.74) is 2.72. The van der Waals surface area contributed by atoms with Gasteiger partial charge in [-0.2, -0.15) is 0 Å². The Bertz CT molecular complexity index is 951. The number of hydrogen-bond acceptors (Lipinski definition) is 5. The van der Waals surface area contributed by atoms with Crippen LogP contribution in [0.5, 0.6) is 5.75 Å². The minimum atomic E-state index is -0.404. The van der Waals surface area contributed by atoms with Crippen molar-refractivity contribution < 1.29 is 14.6 Å². The Morgan fingerprint density at radius 3 is 2.77 bits per heavy atom. The second-order valence-corrected chi connectivity index (χ2v) is 7.15. The highest BCUT2D eigenvalue weighted by atomic mass is 79.9. The van der Waals surface area contributed by atoms with Crippen LogP contribution in [-0.2, 0) is 4.74 Å². The molecule has 0 saturated carbocycles. The highest BCUT2D eigenvalue weighted by molar-refractivity contribution is 9.10. The van der Waals surface area contributed by atoms with E-state index in [1.165, 1.54) is 11.3 Å². The standard InChI is InChI=1S/C20H16BrNO3S/c1-2-25-20(24)18-16(13-6-4-3-5-7-13)12-26-19(18)22-11-14-10-15(21)8-9-17(14)23/h3-12,23H,2H2,1H3/b22-11+. The number of hydrogen-bond donors (Lipinski definition) is 1. The molecule has 1 heterocycles. The molecule has 1 aromatic heterocycles. The van der Waals surface area contributed by atoms with Crippen molar-refractivity contribution in [3.05, 3.63) is 69.5 Å². The number of ether oxygens (including phenoxy) is 1. The fraction of sp³-hybridized carbons (Fsp3) is 0.100. The number of rotatable bonds is 5. The Morgan fingerprint density at radius 1 is 1.27 bits per heavy atom. The lowest BCUT2D eigenvalue weighted by atomic mass is 10.0. The quantitative estimate of drug-likeness (QED) is 0.411. The molecule has 6 heteroatoms. The minimum Gasteiger partial charge on any atom is -0.507 e. The van der Waals surface area contributed by atoms with Crippen molar-refractivity contribution in [2.45, 2.75) is 6.92 Å². The molecular weight excluding hydrogens is 414 g/mol. The average Bonchev–Trinajstić information content (AvgIpc) is 3.07. The second kappa shape index (κ2) is 8.29. The summed E-state index contributed by atoms with van der Waals surface area (Å²) >= 11 is 4.73. The van der Waals surface area contributed by atoms with Gasteiger partial charge in [0.25, 0.3) is 0 Å². The maximum atomic E-state index is 12.5. The van der Waals surface area contributed by atoms with Crippen LogP contribution in [0.4, 0.5) is 5.00 Å². The van der Waals surface area contributed by atoms with E-state index in [4.69, 9.17) is 4.74 Å². The normalized spacial score (nSPS) is 11.0. The van der Waals surface area contributed by atoms with E-state index in [0.29, 0.717) is 22.7 Å². The first-order chi connectivity index (χ1) is 12.6. The molecule has 132 valence electrons. The number of esters is 1. The van der Waals surface area contributed by atoms with Crippen molar-refractivity contribution >= 4 is 44.5 Å². The number of phenolic OH excluding ortho intramolecular Hbond substituents is 1. The average molecular weight is 430 g/mol. The van der Waals surface area contributed by atoms with Crippen molar-refractivity contribution in [2.24, 2.45) is 4.99 Å². The molecule has 0 amide bonds. The number of phenols is 1. The van der Waals surface area contributed by atoms with E-state index in [1.54, 1.807) is 31.3 Å². The van der Waals surface area contributed by atoms with E-state index in [9.17, 15) is 9.90 Å². The molecule has 3 rings (SSSR count). The lowest BCUT2D eigenvalue weighted by Gasteiger charge is -2.05. The summed E-state index contributed by atoms with van der Waals surface area (Å²) in [6, 6.07) is 14.7. The molecule has 26 heavy (non-hydrogen) atoms. The zero-order chi connectivity index (χ0) is 18.5. The van der Waals surface area contributed by atoms with Gasteiger partial charge in [0.05, 0.1) is 6.61 Å². The van der Waals surface area contributed by atoms with E-state index >= 15 is 0 Å². The molecule has 0 bridgehead atoms. The highest BCUT2D eigenvalue weighted by Crippen LogP contribution is 2.38. The fourth-order valence-electron chi connectivity index (χ4n) is 2.43. The van der Waals surface area contributed by atoms with Gasteiger partial charge in [0.2, 0.25) is 0 Å². The van der Waals surface area contributed by atoms with Gasteiger partial charge in [-0.05, 0) is 30.7 Å². The smallest absolute Gasteiger partial charge is 0.341 e. The lowest BCUT2D eigenvalue weighted by molar-refractivity contribution is 0.0529. The van der Waals surface area contributed by atoms with Crippen molar-refractivity contribution in [2.75, 3.05) is 6.61 Å². The van der Waals surface area contributed by atoms with Crippen molar-refractivity contribution in [1.29, 1.82) is 0 Å². The first-order valence-corrected chi connectivity index (χ1v) is 9.64. The summed E-state index contributed by atoms with van der Waals surface area (Å²) < 4.78 is 6.05. The van der Waals surface area contributed by atoms with Crippen LogP contribution in [-0.4, -0.2) is 23.9 Å². The number of nitrogens with zero attached hydrogens (tertiary/aromatic N) is 1. The number of carbonyl (C=O) groups is 1. The van der Waals surface area contributed by atoms with Gasteiger partial charge in [0.1, 0.15) is 16.3 Å². The van der Waals surface area contributed by atoms with Crippen LogP contribution in [0.25, 0.3) is 11.1 Å². The van der Waals surface area contributed by atoms with E-state index in [1.807, 2.05) is 35.7 Å². The summed E-state index contributed by atoms with van der Waals surface area (Å²) in [6.45, 7) is 2.06. The molecule has 4 nitrogen and oxygen atoms in total. The molecule has 0 radical (unpaired) electrons. The molecule has 2 aromatic carbocycles. The van der Waals surface area contributed by atoms with Gasteiger partial charge in [0, 0.05) is 27.2 Å². The molecule has 0 unspecified atom stereocenters. The third-order valence-corrected chi connectivity index (χ3v) is 5.03. The number of carbonyl (C=O) groups excluding carboxylic acids is 1. The number of aliphatic imine (C=N–C) groups is 1. The Kier molecular flexibility index (Phi) is 5.85. The van der Waals surface area contributed by atoms with Crippen molar-refractivity contribution in [3.63, 3.8) is 0 Å². The number of halogens is 1. The third kappa shape index (κ3) is 4.03. The summed E-state index contributed by atoms with van der Waals surface area (Å²) in [6.07, 6.45) is 1.55. The van der Waals surface area contributed by atoms with Gasteiger partial charge in [-0.3, -0.25) is 0 Å². The highest BCUT2D eigenvalue weighted by Gasteiger charge is 2.21. The molecule has 0 atom stereocenters. The van der Waals surface area contributed by atoms with Gasteiger partial charge < -0.3 is 9.84 Å². The van der Waals surface area contributed by atoms with Crippen LogP contribution >= 0.6 is 27.3 Å². The summed E-state index contributed by atoms with van der Waals surface area (Å²) in [5, 5.41) is 12.4. The minimum absolute atomic E-state index is 0.120. The molecule has 0 aliphatic carbocycles. The SMILES string of the molecule is CCOC(=O)c1c(-c2ccccc2)csc1/N=C/c1cc(Br)ccc1O. The number of thiophene rings is 1. The number of aromatic hydroxyl groups is 1. The van der Waals surface area contributed by atoms with E-state index in [0.717, 1.165) is 15.6 Å². The van der Waals surface area contributed by atoms with E-state index in [2.05, 4.69) is 20.9 Å². The molecule has 0 spiro atoms. The Labute approximate surface area is 163 Å². The monoisotopic (exact) mass is 429 g/mol. The second-order valence-electron chi connectivity index (χ2n) is 5.38. The first kappa shape index (κ1) is 18.4. The Morgan fingerprint density at radius 2 is 2.04 bits per heavy atom. The van der Waals surface area contributed by atoms with Gasteiger partial charge in [-0.25, -0.2) is 9.79 Å². The fourth-order valence-corrected chi connectivity index (χ4v) is 3.72. The van der Waals surface area contributed by atoms with Crippen molar-refractivity contribution in [3.8, 4) is 16.9 Å². The van der Waals surface area contributed by atoms with Crippen molar-refractivity contribution in [1.82, 2.24) is 0 Å². The van der Waals surface area contributed by atoms with E-state index in [-0.39, 0.29) is 5.75 Å². The maximum Gasteiger partial charge on any atom is 0.341 e. The molecular formula is C20H16BrNO3S. The van der Waals surface area contributed by atoms with Gasteiger partial charge >= 0.3 is 5.97 Å². The third-order valence-electron chi connectivity index (χ3n) is 3.65. The Balaban J connectivity index is 2.04. The predicted octanol–water partition coefficient (Wildman–Crippen LogP) is 5.81. The topological polar surface area (TPSA) is 58.9 Å². The molecule has 0 aliphatic rings. The van der Waals surface area contributed by atoms with Gasteiger partial charge in [-0.15, -0.1) is 11.3 Å². The first-order valence-electron chi connectivity index (χ1n) is 7.96. The largest absolute Gasteiger partial charge is 0.507 e. The van der Waals surface area contributed by atoms with Gasteiger partial charge in [-0.1, -0.05) is 46.3 Å². The van der Waals surface area contributed by atoms with Crippen LogP contribution in [0.15, 0.2) is 63.4 Å². The molecule has 0 saturated heterocycles. The zero-order valence-corrected chi connectivity index (χ0v) is 16.4. The summed E-state index contributed by atoms with van der Waals surface area (Å²) in [4.78, 5) is 16.9. The molecule has 1 N–H and O–H groups in total. The summed E-state index contributed by atoms with van der Waals surface area (Å²) in [5.74, 6) is -0.285. The van der Waals surface area contributed by atoms with Crippen LogP contribution < -0.4 is 0 Å². The molecule has 0 aliphatic heterocycles.